The van der Waals surface area contributed by atoms with E-state index in [0.29, 0.717) is 0 Å². The minimum Gasteiger partial charge on any atom is -0.399 e. The summed E-state index contributed by atoms with van der Waals surface area (Å²) >= 11 is 0. The number of sulfonamides is 1. The Bertz CT molecular complexity index is 635. The van der Waals surface area contributed by atoms with Crippen molar-refractivity contribution in [3.05, 3.63) is 23.8 Å². The molecule has 1 rings (SSSR count). The van der Waals surface area contributed by atoms with E-state index in [1.165, 1.54) is 13.0 Å². The second-order valence-corrected chi connectivity index (χ2v) is 5.82. The topological polar surface area (TPSA) is 87.2 Å². The Morgan fingerprint density at radius 3 is 2.45 bits per heavy atom. The molecule has 0 aliphatic heterocycles. The molecule has 5 nitrogen and oxygen atoms in total. The zero-order valence-corrected chi connectivity index (χ0v) is 11.3. The van der Waals surface area contributed by atoms with Gasteiger partial charge in [0.2, 0.25) is 10.0 Å². The zero-order chi connectivity index (χ0) is 15.6. The van der Waals surface area contributed by atoms with Crippen LogP contribution in [0.1, 0.15) is 12.5 Å². The lowest BCUT2D eigenvalue weighted by molar-refractivity contribution is -0.135. The first-order valence-electron chi connectivity index (χ1n) is 5.48. The Hall–Kier alpha value is -1.79. The molecule has 2 N–H and O–H groups in total. The summed E-state index contributed by atoms with van der Waals surface area (Å²) in [5.41, 5.74) is 5.28. The van der Waals surface area contributed by atoms with E-state index in [-0.39, 0.29) is 22.1 Å². The lowest BCUT2D eigenvalue weighted by Crippen LogP contribution is -2.39. The number of hydrogen-bond donors (Lipinski definition) is 1. The van der Waals surface area contributed by atoms with Gasteiger partial charge in [0.1, 0.15) is 17.5 Å². The molecule has 0 fully saturated rings. The van der Waals surface area contributed by atoms with Gasteiger partial charge in [0.05, 0.1) is 5.56 Å². The van der Waals surface area contributed by atoms with E-state index in [4.69, 9.17) is 11.0 Å². The first kappa shape index (κ1) is 16.3. The van der Waals surface area contributed by atoms with Gasteiger partial charge in [0.15, 0.2) is 0 Å². The third-order valence-electron chi connectivity index (χ3n) is 2.45. The van der Waals surface area contributed by atoms with Crippen molar-refractivity contribution in [2.75, 3.05) is 18.8 Å². The van der Waals surface area contributed by atoms with Gasteiger partial charge in [-0.15, -0.1) is 0 Å². The van der Waals surface area contributed by atoms with Crippen molar-refractivity contribution in [2.45, 2.75) is 18.0 Å². The van der Waals surface area contributed by atoms with Gasteiger partial charge in [0.25, 0.3) is 0 Å². The van der Waals surface area contributed by atoms with Crippen LogP contribution in [0.25, 0.3) is 0 Å². The van der Waals surface area contributed by atoms with Gasteiger partial charge in [-0.25, -0.2) is 8.42 Å². The van der Waals surface area contributed by atoms with Crippen molar-refractivity contribution < 1.29 is 21.6 Å². The summed E-state index contributed by atoms with van der Waals surface area (Å²) < 4.78 is 61.8. The SMILES string of the molecule is CCN(CC(F)(F)F)S(=O)(=O)c1ccc(N)cc1C#N. The number of rotatable bonds is 4. The van der Waals surface area contributed by atoms with Gasteiger partial charge in [-0.3, -0.25) is 0 Å². The van der Waals surface area contributed by atoms with E-state index in [0.717, 1.165) is 12.1 Å². The lowest BCUT2D eigenvalue weighted by Gasteiger charge is -2.22. The molecule has 0 amide bonds. The first-order chi connectivity index (χ1) is 9.11. The van der Waals surface area contributed by atoms with Crippen molar-refractivity contribution in [1.82, 2.24) is 4.31 Å². The van der Waals surface area contributed by atoms with E-state index in [9.17, 15) is 21.6 Å². The largest absolute Gasteiger partial charge is 0.402 e. The second-order valence-electron chi connectivity index (χ2n) is 3.91. The van der Waals surface area contributed by atoms with Crippen molar-refractivity contribution in [3.63, 3.8) is 0 Å². The van der Waals surface area contributed by atoms with Crippen LogP contribution in [0.15, 0.2) is 23.1 Å². The molecular formula is C11H12F3N3O2S. The average Bonchev–Trinajstić information content (AvgIpc) is 2.34. The normalized spacial score (nSPS) is 12.4. The Morgan fingerprint density at radius 2 is 2.00 bits per heavy atom. The lowest BCUT2D eigenvalue weighted by atomic mass is 10.2. The smallest absolute Gasteiger partial charge is 0.399 e. The van der Waals surface area contributed by atoms with Crippen LogP contribution >= 0.6 is 0 Å². The molecule has 0 radical (unpaired) electrons. The number of alkyl halides is 3. The number of nitriles is 1. The maximum Gasteiger partial charge on any atom is 0.402 e. The van der Waals surface area contributed by atoms with Gasteiger partial charge in [0, 0.05) is 12.2 Å². The number of nitrogens with two attached hydrogens (primary N) is 1. The van der Waals surface area contributed by atoms with E-state index in [2.05, 4.69) is 0 Å². The summed E-state index contributed by atoms with van der Waals surface area (Å²) in [6.45, 7) is -0.690. The zero-order valence-electron chi connectivity index (χ0n) is 10.5. The molecule has 0 atom stereocenters. The molecule has 0 unspecified atom stereocenters. The number of nitrogen functional groups attached to an aromatic ring is 1. The highest BCUT2D eigenvalue weighted by Gasteiger charge is 2.37. The Labute approximate surface area is 114 Å². The highest BCUT2D eigenvalue weighted by molar-refractivity contribution is 7.89. The fourth-order valence-electron chi connectivity index (χ4n) is 1.57. The van der Waals surface area contributed by atoms with Crippen LogP contribution in [0.3, 0.4) is 0 Å². The molecule has 0 aliphatic carbocycles. The highest BCUT2D eigenvalue weighted by Crippen LogP contribution is 2.25. The Morgan fingerprint density at radius 1 is 1.40 bits per heavy atom. The predicted octanol–water partition coefficient (Wildman–Crippen LogP) is 1.71. The van der Waals surface area contributed by atoms with Gasteiger partial charge in [-0.2, -0.15) is 22.7 Å². The maximum absolute atomic E-state index is 12.4. The van der Waals surface area contributed by atoms with Crippen LogP contribution in [-0.4, -0.2) is 32.0 Å². The number of benzene rings is 1. The Balaban J connectivity index is 3.32. The van der Waals surface area contributed by atoms with E-state index in [1.54, 1.807) is 6.07 Å². The summed E-state index contributed by atoms with van der Waals surface area (Å²) in [4.78, 5) is -0.486. The van der Waals surface area contributed by atoms with Gasteiger partial charge < -0.3 is 5.73 Å². The fraction of sp³-hybridized carbons (Fsp3) is 0.364. The van der Waals surface area contributed by atoms with Crippen molar-refractivity contribution in [3.8, 4) is 6.07 Å². The molecule has 0 heterocycles. The molecule has 20 heavy (non-hydrogen) atoms. The predicted molar refractivity (Wildman–Crippen MR) is 66.1 cm³/mol. The third-order valence-corrected chi connectivity index (χ3v) is 4.43. The summed E-state index contributed by atoms with van der Waals surface area (Å²) in [6, 6.07) is 4.97. The molecule has 0 saturated carbocycles. The number of halogens is 3. The number of hydrogen-bond acceptors (Lipinski definition) is 4. The molecule has 0 aliphatic rings. The van der Waals surface area contributed by atoms with Gasteiger partial charge in [-0.05, 0) is 18.2 Å². The quantitative estimate of drug-likeness (QED) is 0.858. The van der Waals surface area contributed by atoms with Crippen molar-refractivity contribution in [2.24, 2.45) is 0 Å². The summed E-state index contributed by atoms with van der Waals surface area (Å²) in [5.74, 6) is 0. The molecule has 110 valence electrons. The van der Waals surface area contributed by atoms with E-state index in [1.807, 2.05) is 0 Å². The standard InChI is InChI=1S/C11H12F3N3O2S/c1-2-17(7-11(12,13)14)20(18,19)10-4-3-9(16)5-8(10)6-15/h3-5H,2,7,16H2,1H3. The van der Waals surface area contributed by atoms with Crippen LogP contribution in [-0.2, 0) is 10.0 Å². The molecule has 0 bridgehead atoms. The second kappa shape index (κ2) is 5.68. The minimum absolute atomic E-state index is 0.152. The van der Waals surface area contributed by atoms with E-state index < -0.39 is 27.6 Å². The Kier molecular flexibility index (Phi) is 4.62. The fourth-order valence-corrected chi connectivity index (χ4v) is 3.12. The highest BCUT2D eigenvalue weighted by atomic mass is 32.2. The summed E-state index contributed by atoms with van der Waals surface area (Å²) in [5, 5.41) is 8.88. The monoisotopic (exact) mass is 307 g/mol. The molecular weight excluding hydrogens is 295 g/mol. The molecule has 0 spiro atoms. The molecule has 0 saturated heterocycles. The molecule has 1 aromatic rings. The average molecular weight is 307 g/mol. The first-order valence-corrected chi connectivity index (χ1v) is 6.92. The van der Waals surface area contributed by atoms with Crippen LogP contribution in [0.2, 0.25) is 0 Å². The number of anilines is 1. The van der Waals surface area contributed by atoms with Gasteiger partial charge >= 0.3 is 6.18 Å². The molecule has 9 heteroatoms. The third kappa shape index (κ3) is 3.61. The van der Waals surface area contributed by atoms with Crippen LogP contribution in [0, 0.1) is 11.3 Å². The maximum atomic E-state index is 12.4. The van der Waals surface area contributed by atoms with Crippen molar-refractivity contribution >= 4 is 15.7 Å². The molecule has 0 aromatic heterocycles. The van der Waals surface area contributed by atoms with Crippen LogP contribution in [0.4, 0.5) is 18.9 Å². The molecule has 1 aromatic carbocycles. The van der Waals surface area contributed by atoms with Gasteiger partial charge in [-0.1, -0.05) is 6.92 Å². The summed E-state index contributed by atoms with van der Waals surface area (Å²) in [7, 11) is -4.41. The minimum atomic E-state index is -4.66. The van der Waals surface area contributed by atoms with E-state index >= 15 is 0 Å². The van der Waals surface area contributed by atoms with Crippen LogP contribution < -0.4 is 5.73 Å². The number of nitrogens with zero attached hydrogens (tertiary/aromatic N) is 2. The van der Waals surface area contributed by atoms with Crippen molar-refractivity contribution in [1.29, 1.82) is 5.26 Å². The van der Waals surface area contributed by atoms with Crippen LogP contribution in [0.5, 0.6) is 0 Å². The summed E-state index contributed by atoms with van der Waals surface area (Å²) in [6.07, 6.45) is -4.66.